The van der Waals surface area contributed by atoms with Gasteiger partial charge in [0.25, 0.3) is 5.91 Å². The SMILES string of the molecule is CC1Oc2ccc(-c3csc(NC(=O)C(c4ccccc4)c4ccccc4)n3)cc2N(C)C1=O. The Hall–Kier alpha value is -3.97. The van der Waals surface area contributed by atoms with E-state index in [4.69, 9.17) is 4.74 Å². The summed E-state index contributed by atoms with van der Waals surface area (Å²) in [6.07, 6.45) is -0.508. The van der Waals surface area contributed by atoms with Gasteiger partial charge in [-0.2, -0.15) is 0 Å². The number of likely N-dealkylation sites (N-methyl/N-ethyl adjacent to an activating group) is 1. The standard InChI is InChI=1S/C27H23N3O3S/c1-17-26(32)30(2)22-15-20(13-14-23(22)33-17)21-16-34-27(28-21)29-25(31)24(18-9-5-3-6-10-18)19-11-7-4-8-12-19/h3-17,24H,1-2H3,(H,28,29,31). The lowest BCUT2D eigenvalue weighted by Gasteiger charge is -2.30. The molecule has 6 nitrogen and oxygen atoms in total. The summed E-state index contributed by atoms with van der Waals surface area (Å²) in [5.74, 6) is -0.0202. The van der Waals surface area contributed by atoms with Gasteiger partial charge in [0.05, 0.1) is 17.3 Å². The summed E-state index contributed by atoms with van der Waals surface area (Å²) >= 11 is 1.36. The van der Waals surface area contributed by atoms with Crippen molar-refractivity contribution in [2.24, 2.45) is 0 Å². The fraction of sp³-hybridized carbons (Fsp3) is 0.148. The zero-order valence-electron chi connectivity index (χ0n) is 18.8. The van der Waals surface area contributed by atoms with Crippen molar-refractivity contribution in [2.45, 2.75) is 18.9 Å². The fourth-order valence-corrected chi connectivity index (χ4v) is 4.82. The van der Waals surface area contributed by atoms with Crippen molar-refractivity contribution >= 4 is 34.0 Å². The van der Waals surface area contributed by atoms with E-state index in [-0.39, 0.29) is 11.8 Å². The molecule has 34 heavy (non-hydrogen) atoms. The van der Waals surface area contributed by atoms with Crippen LogP contribution in [0, 0.1) is 0 Å². The molecule has 1 aliphatic rings. The molecule has 3 aromatic carbocycles. The van der Waals surface area contributed by atoms with E-state index >= 15 is 0 Å². The average Bonchev–Trinajstić information content (AvgIpc) is 3.32. The normalized spacial score (nSPS) is 15.1. The predicted octanol–water partition coefficient (Wildman–Crippen LogP) is 5.32. The van der Waals surface area contributed by atoms with Gasteiger partial charge in [0, 0.05) is 18.0 Å². The number of ether oxygens (including phenoxy) is 1. The van der Waals surface area contributed by atoms with Crippen molar-refractivity contribution in [3.05, 3.63) is 95.4 Å². The van der Waals surface area contributed by atoms with Crippen LogP contribution in [0.1, 0.15) is 24.0 Å². The summed E-state index contributed by atoms with van der Waals surface area (Å²) in [6, 6.07) is 25.1. The van der Waals surface area contributed by atoms with E-state index in [1.165, 1.54) is 11.3 Å². The number of nitrogens with one attached hydrogen (secondary N) is 1. The lowest BCUT2D eigenvalue weighted by Crippen LogP contribution is -2.41. The van der Waals surface area contributed by atoms with Crippen molar-refractivity contribution in [1.29, 1.82) is 0 Å². The maximum atomic E-state index is 13.4. The van der Waals surface area contributed by atoms with Gasteiger partial charge in [0.1, 0.15) is 5.75 Å². The van der Waals surface area contributed by atoms with Crippen LogP contribution in [-0.4, -0.2) is 29.9 Å². The molecule has 0 bridgehead atoms. The monoisotopic (exact) mass is 469 g/mol. The number of carbonyl (C=O) groups is 2. The highest BCUT2D eigenvalue weighted by atomic mass is 32.1. The number of hydrogen-bond acceptors (Lipinski definition) is 5. The van der Waals surface area contributed by atoms with Crippen molar-refractivity contribution in [3.8, 4) is 17.0 Å². The van der Waals surface area contributed by atoms with E-state index in [1.807, 2.05) is 84.2 Å². The largest absolute Gasteiger partial charge is 0.479 e. The molecular weight excluding hydrogens is 446 g/mol. The number of carbonyl (C=O) groups excluding carboxylic acids is 2. The average molecular weight is 470 g/mol. The molecule has 0 fully saturated rings. The van der Waals surface area contributed by atoms with E-state index in [1.54, 1.807) is 18.9 Å². The summed E-state index contributed by atoms with van der Waals surface area (Å²) in [5.41, 5.74) is 4.10. The Balaban J connectivity index is 1.40. The highest BCUT2D eigenvalue weighted by molar-refractivity contribution is 7.14. The number of amides is 2. The molecule has 170 valence electrons. The Kier molecular flexibility index (Phi) is 5.86. The van der Waals surface area contributed by atoms with Gasteiger partial charge in [-0.1, -0.05) is 60.7 Å². The first-order valence-corrected chi connectivity index (χ1v) is 11.8. The Morgan fingerprint density at radius 2 is 1.68 bits per heavy atom. The molecule has 0 radical (unpaired) electrons. The lowest BCUT2D eigenvalue weighted by molar-refractivity contribution is -0.125. The molecule has 4 aromatic rings. The van der Waals surface area contributed by atoms with E-state index < -0.39 is 12.0 Å². The maximum Gasteiger partial charge on any atom is 0.267 e. The van der Waals surface area contributed by atoms with Gasteiger partial charge < -0.3 is 15.0 Å². The molecule has 0 saturated heterocycles. The van der Waals surface area contributed by atoms with Gasteiger partial charge in [-0.3, -0.25) is 9.59 Å². The molecule has 1 N–H and O–H groups in total. The van der Waals surface area contributed by atoms with Gasteiger partial charge in [0.15, 0.2) is 11.2 Å². The molecule has 2 amide bonds. The molecule has 0 aliphatic carbocycles. The third kappa shape index (κ3) is 4.18. The number of fused-ring (bicyclic) bond motifs is 1. The summed E-state index contributed by atoms with van der Waals surface area (Å²) < 4.78 is 5.71. The Labute approximate surface area is 201 Å². The molecular formula is C27H23N3O3S. The Morgan fingerprint density at radius 1 is 1.03 bits per heavy atom. The number of nitrogens with zero attached hydrogens (tertiary/aromatic N) is 2. The number of rotatable bonds is 5. The van der Waals surface area contributed by atoms with Crippen LogP contribution in [0.25, 0.3) is 11.3 Å². The fourth-order valence-electron chi connectivity index (χ4n) is 4.10. The number of benzene rings is 3. The molecule has 1 unspecified atom stereocenters. The van der Waals surface area contributed by atoms with E-state index in [0.29, 0.717) is 16.6 Å². The number of aromatic nitrogens is 1. The molecule has 1 aromatic heterocycles. The minimum atomic E-state index is -0.508. The number of thiazole rings is 1. The van der Waals surface area contributed by atoms with Crippen LogP contribution in [0.2, 0.25) is 0 Å². The molecule has 5 rings (SSSR count). The Bertz CT molecular complexity index is 1300. The van der Waals surface area contributed by atoms with Gasteiger partial charge in [-0.05, 0) is 36.2 Å². The number of hydrogen-bond donors (Lipinski definition) is 1. The van der Waals surface area contributed by atoms with Crippen molar-refractivity contribution in [3.63, 3.8) is 0 Å². The lowest BCUT2D eigenvalue weighted by atomic mass is 9.90. The quantitative estimate of drug-likeness (QED) is 0.429. The van der Waals surface area contributed by atoms with E-state index in [2.05, 4.69) is 10.3 Å². The topological polar surface area (TPSA) is 71.5 Å². The summed E-state index contributed by atoms with van der Waals surface area (Å²) in [5, 5.41) is 5.40. The molecule has 2 heterocycles. The van der Waals surface area contributed by atoms with Gasteiger partial charge in [-0.25, -0.2) is 4.98 Å². The van der Waals surface area contributed by atoms with Gasteiger partial charge >= 0.3 is 0 Å². The molecule has 1 atom stereocenters. The van der Waals surface area contributed by atoms with E-state index in [0.717, 1.165) is 22.4 Å². The van der Waals surface area contributed by atoms with Crippen LogP contribution in [0.3, 0.4) is 0 Å². The van der Waals surface area contributed by atoms with Gasteiger partial charge in [-0.15, -0.1) is 11.3 Å². The van der Waals surface area contributed by atoms with E-state index in [9.17, 15) is 9.59 Å². The Morgan fingerprint density at radius 3 is 2.32 bits per heavy atom. The summed E-state index contributed by atoms with van der Waals surface area (Å²) in [4.78, 5) is 31.9. The summed E-state index contributed by atoms with van der Waals surface area (Å²) in [7, 11) is 1.74. The third-order valence-electron chi connectivity index (χ3n) is 5.86. The second-order valence-corrected chi connectivity index (χ2v) is 8.98. The zero-order valence-corrected chi connectivity index (χ0v) is 19.6. The predicted molar refractivity (Wildman–Crippen MR) is 134 cm³/mol. The second kappa shape index (κ2) is 9.11. The van der Waals surface area contributed by atoms with Crippen molar-refractivity contribution in [1.82, 2.24) is 4.98 Å². The molecule has 0 spiro atoms. The molecule has 7 heteroatoms. The first kappa shape index (κ1) is 21.9. The second-order valence-electron chi connectivity index (χ2n) is 8.12. The van der Waals surface area contributed by atoms with Crippen LogP contribution in [-0.2, 0) is 9.59 Å². The van der Waals surface area contributed by atoms with Crippen LogP contribution in [0.5, 0.6) is 5.75 Å². The third-order valence-corrected chi connectivity index (χ3v) is 6.62. The molecule has 0 saturated carbocycles. The number of anilines is 2. The van der Waals surface area contributed by atoms with Gasteiger partial charge in [0.2, 0.25) is 5.91 Å². The first-order chi connectivity index (χ1) is 16.5. The van der Waals surface area contributed by atoms with Crippen molar-refractivity contribution < 1.29 is 14.3 Å². The van der Waals surface area contributed by atoms with Crippen molar-refractivity contribution in [2.75, 3.05) is 17.3 Å². The maximum absolute atomic E-state index is 13.4. The van der Waals surface area contributed by atoms with Crippen LogP contribution in [0.4, 0.5) is 10.8 Å². The first-order valence-electron chi connectivity index (χ1n) is 11.0. The van der Waals surface area contributed by atoms with Crippen LogP contribution >= 0.6 is 11.3 Å². The molecule has 1 aliphatic heterocycles. The smallest absolute Gasteiger partial charge is 0.267 e. The minimum absolute atomic E-state index is 0.0938. The highest BCUT2D eigenvalue weighted by Crippen LogP contribution is 2.37. The highest BCUT2D eigenvalue weighted by Gasteiger charge is 2.29. The van der Waals surface area contributed by atoms with Crippen LogP contribution in [0.15, 0.2) is 84.2 Å². The zero-order chi connectivity index (χ0) is 23.7. The summed E-state index contributed by atoms with van der Waals surface area (Å²) in [6.45, 7) is 1.74. The van der Waals surface area contributed by atoms with Crippen LogP contribution < -0.4 is 15.0 Å². The minimum Gasteiger partial charge on any atom is -0.479 e.